The van der Waals surface area contributed by atoms with Gasteiger partial charge in [-0.25, -0.2) is 0 Å². The topological polar surface area (TPSA) is 246 Å². The molecule has 0 saturated heterocycles. The number of aryl methyl sites for hydroxylation is 2. The van der Waals surface area contributed by atoms with Gasteiger partial charge in [0.1, 0.15) is 0 Å². The molecule has 2 radical (unpaired) electrons. The van der Waals surface area contributed by atoms with Gasteiger partial charge in [0.2, 0.25) is 0 Å². The van der Waals surface area contributed by atoms with Crippen LogP contribution in [0, 0.1) is 26.7 Å². The van der Waals surface area contributed by atoms with Crippen molar-refractivity contribution < 1.29 is 65.5 Å². The van der Waals surface area contributed by atoms with E-state index in [-0.39, 0.29) is 56.0 Å². The molecule has 0 atom stereocenters. The molecule has 0 aromatic carbocycles. The molecule has 0 saturated carbocycles. The molecule has 0 bridgehead atoms. The summed E-state index contributed by atoms with van der Waals surface area (Å²) in [6.07, 6.45) is 8.14. The van der Waals surface area contributed by atoms with E-state index in [0.29, 0.717) is 39.5 Å². The maximum atomic E-state index is 6.94. The summed E-state index contributed by atoms with van der Waals surface area (Å²) in [4.78, 5) is 8.88. The molecule has 2 heterocycles. The van der Waals surface area contributed by atoms with Crippen LogP contribution in [0.3, 0.4) is 0 Å². The number of unbranched alkanes of at least 4 members (excludes halogenated alkanes) is 2. The predicted octanol–water partition coefficient (Wildman–Crippen LogP) is 2.64. The van der Waals surface area contributed by atoms with Crippen LogP contribution in [-0.4, -0.2) is 97.6 Å². The van der Waals surface area contributed by atoms with Crippen LogP contribution < -0.4 is 0 Å². The molecule has 0 aliphatic carbocycles. The third-order valence-electron chi connectivity index (χ3n) is 4.86. The summed E-state index contributed by atoms with van der Waals surface area (Å²) in [5, 5.41) is 8.55. The number of pyridine rings is 2. The van der Waals surface area contributed by atoms with Gasteiger partial charge in [-0.2, -0.15) is 45.6 Å². The van der Waals surface area contributed by atoms with Crippen LogP contribution in [0.25, 0.3) is 22.1 Å². The smallest absolute Gasteiger partial charge is 0.679 e. The van der Waals surface area contributed by atoms with E-state index in [1.165, 1.54) is 0 Å². The van der Waals surface area contributed by atoms with Crippen molar-refractivity contribution in [3.63, 3.8) is 0 Å². The van der Waals surface area contributed by atoms with Gasteiger partial charge in [-0.3, -0.25) is 9.97 Å². The normalized spacial score (nSPS) is 9.24. The van der Waals surface area contributed by atoms with Gasteiger partial charge in [0.25, 0.3) is 0 Å². The van der Waals surface area contributed by atoms with Crippen molar-refractivity contribution >= 4 is 0 Å². The van der Waals surface area contributed by atoms with Gasteiger partial charge in [-0.1, -0.05) is 12.1 Å². The van der Waals surface area contributed by atoms with Crippen molar-refractivity contribution in [2.24, 2.45) is 0 Å². The van der Waals surface area contributed by atoms with Gasteiger partial charge < -0.3 is 66.3 Å². The zero-order valence-electron chi connectivity index (χ0n) is 24.9. The van der Waals surface area contributed by atoms with Crippen molar-refractivity contribution in [2.75, 3.05) is 65.7 Å². The average molecular weight is 679 g/mol. The van der Waals surface area contributed by atoms with Crippen LogP contribution in [0.4, 0.5) is 0 Å². The van der Waals surface area contributed by atoms with Crippen molar-refractivity contribution in [2.45, 2.75) is 39.5 Å². The molecule has 0 unspecified atom stereocenters. The van der Waals surface area contributed by atoms with E-state index in [1.807, 2.05) is 44.2 Å². The molecule has 0 fully saturated rings. The number of hydrogen-bond donors (Lipinski definition) is 0. The van der Waals surface area contributed by atoms with Gasteiger partial charge in [-0.15, -0.1) is 19.4 Å². The van der Waals surface area contributed by atoms with E-state index < -0.39 is 0 Å². The molecule has 2 aromatic heterocycles. The van der Waals surface area contributed by atoms with E-state index in [1.54, 1.807) is 0 Å². The summed E-state index contributed by atoms with van der Waals surface area (Å²) in [7, 11) is 0. The minimum Gasteiger partial charge on any atom is -0.679 e. The number of rotatable bonds is 20. The molecule has 42 heavy (non-hydrogen) atoms. The standard InChI is InChI=1S/C14H22N4.C14H22N2O2.2Mn.4H2O/c1-13-5-4-7-14(18-13)6-2-3-9-16-11-12-17-10-8-15;1-13-5-4-7-14(16-13)6-2-3-9-17-11-12-18-10-8-15;;;;;;/h2*2,4-5,7,15H,3,6,8-12H2,1H3;;;4*1H2/q-4;-2;;+2;;;;. The Morgan fingerprint density at radius 3 is 1.60 bits per heavy atom. The fourth-order valence-corrected chi connectivity index (χ4v) is 3.11. The second-order valence-electron chi connectivity index (χ2n) is 8.17. The summed E-state index contributed by atoms with van der Waals surface area (Å²) >= 11 is 0. The Hall–Kier alpha value is -1.06. The Kier molecular flexibility index (Phi) is 50.9. The largest absolute Gasteiger partial charge is 2.00 e. The van der Waals surface area contributed by atoms with Crippen LogP contribution in [0.1, 0.15) is 35.6 Å². The summed E-state index contributed by atoms with van der Waals surface area (Å²) in [6.45, 7) is 10.2. The van der Waals surface area contributed by atoms with Gasteiger partial charge in [0, 0.05) is 53.1 Å². The molecule has 14 heteroatoms. The first-order valence-corrected chi connectivity index (χ1v) is 12.8. The summed E-state index contributed by atoms with van der Waals surface area (Å²) in [5.41, 5.74) is 18.2. The average Bonchev–Trinajstić information content (AvgIpc) is 2.87. The minimum atomic E-state index is 0. The van der Waals surface area contributed by atoms with Crippen LogP contribution in [0.15, 0.2) is 36.4 Å². The van der Waals surface area contributed by atoms with Gasteiger partial charge in [-0.05, 0) is 38.1 Å². The van der Waals surface area contributed by atoms with Gasteiger partial charge in [0.05, 0.1) is 13.2 Å². The third-order valence-corrected chi connectivity index (χ3v) is 4.86. The second kappa shape index (κ2) is 39.9. The van der Waals surface area contributed by atoms with E-state index >= 15 is 0 Å². The zero-order valence-corrected chi connectivity index (χ0v) is 27.2. The van der Waals surface area contributed by atoms with E-state index in [2.05, 4.69) is 39.5 Å². The Morgan fingerprint density at radius 2 is 1.12 bits per heavy atom. The molecule has 10 N–H and O–H groups in total. The summed E-state index contributed by atoms with van der Waals surface area (Å²) in [5.74, 6) is 0. The number of nitrogens with one attached hydrogen (secondary N) is 2. The molecule has 248 valence electrons. The van der Waals surface area contributed by atoms with Crippen LogP contribution >= 0.6 is 0 Å². The van der Waals surface area contributed by atoms with E-state index in [9.17, 15) is 0 Å². The zero-order chi connectivity index (χ0) is 26.1. The molecule has 0 aliphatic heterocycles. The van der Waals surface area contributed by atoms with Gasteiger partial charge >= 0.3 is 17.1 Å². The molecule has 0 spiro atoms. The Bertz CT molecular complexity index is 724. The van der Waals surface area contributed by atoms with E-state index in [4.69, 9.17) is 20.9 Å². The molecule has 0 aliphatic rings. The Morgan fingerprint density at radius 1 is 0.643 bits per heavy atom. The van der Waals surface area contributed by atoms with Crippen molar-refractivity contribution in [3.05, 3.63) is 94.1 Å². The van der Waals surface area contributed by atoms with Crippen molar-refractivity contribution in [3.8, 4) is 0 Å². The predicted molar refractivity (Wildman–Crippen MR) is 164 cm³/mol. The molecule has 12 nitrogen and oxygen atoms in total. The fourth-order valence-electron chi connectivity index (χ4n) is 3.11. The molecule has 0 amide bonds. The fraction of sp³-hybridized carbons (Fsp3) is 0.571. The molecular weight excluding hydrogens is 626 g/mol. The van der Waals surface area contributed by atoms with E-state index in [0.717, 1.165) is 74.7 Å². The van der Waals surface area contributed by atoms with Crippen molar-refractivity contribution in [1.82, 2.24) is 9.97 Å². The minimum absolute atomic E-state index is 0. The third kappa shape index (κ3) is 33.4. The Balaban J connectivity index is -0.000000135. The number of hydrogen-bond acceptors (Lipinski definition) is 4. The van der Waals surface area contributed by atoms with Crippen LogP contribution in [-0.2, 0) is 56.5 Å². The van der Waals surface area contributed by atoms with Crippen LogP contribution in [0.5, 0.6) is 0 Å². The van der Waals surface area contributed by atoms with Crippen molar-refractivity contribution in [1.29, 1.82) is 0 Å². The molecule has 2 rings (SSSR count). The first kappa shape index (κ1) is 53.5. The first-order valence-electron chi connectivity index (χ1n) is 12.8. The SMILES string of the molecule is Cc1cccc(C[CH-]CCOCCOCC[NH-])n1.Cc1cccc(C[CH-]CC[N-]CC[N-]CC[NH-])n1.O.O.O.O.[Mn+2].[Mn]. The molecule has 2 aromatic rings. The quantitative estimate of drug-likeness (QED) is 0.116. The maximum absolute atomic E-state index is 6.94. The molecular formula is C28H52Mn2N6O6-4. The number of aromatic nitrogens is 2. The monoisotopic (exact) mass is 678 g/mol. The first-order chi connectivity index (χ1) is 17.7. The number of nitrogens with zero attached hydrogens (tertiary/aromatic N) is 4. The maximum Gasteiger partial charge on any atom is 2.00 e. The van der Waals surface area contributed by atoms with Crippen LogP contribution in [0.2, 0.25) is 0 Å². The van der Waals surface area contributed by atoms with Gasteiger partial charge in [0.15, 0.2) is 0 Å². The Labute approximate surface area is 274 Å². The summed E-state index contributed by atoms with van der Waals surface area (Å²) < 4.78 is 10.5. The second-order valence-corrected chi connectivity index (χ2v) is 8.17. The summed E-state index contributed by atoms with van der Waals surface area (Å²) in [6, 6.07) is 12.2. The number of ether oxygens (including phenoxy) is 2.